The Morgan fingerprint density at radius 1 is 1.37 bits per heavy atom. The van der Waals surface area contributed by atoms with Gasteiger partial charge in [0.15, 0.2) is 5.96 Å². The molecule has 1 aromatic carbocycles. The monoisotopic (exact) mass is 414 g/mol. The summed E-state index contributed by atoms with van der Waals surface area (Å²) in [5.41, 5.74) is 0.876. The van der Waals surface area contributed by atoms with E-state index in [9.17, 15) is 8.42 Å². The standard InChI is InChI=1S/C18H30N4O3S2/c1-19-18(22-15-7-8-16(12-15)26-3)20-13-14-5-4-6-17(11-14)27(23,24)21-9-10-25-2/h4-6,11,15-16,21H,7-10,12-13H2,1-3H3,(H2,19,20,22). The van der Waals surface area contributed by atoms with E-state index in [1.54, 1.807) is 25.2 Å². The summed E-state index contributed by atoms with van der Waals surface area (Å²) in [5, 5.41) is 7.45. The fourth-order valence-corrected chi connectivity index (χ4v) is 4.92. The zero-order valence-corrected chi connectivity index (χ0v) is 17.8. The predicted octanol–water partition coefficient (Wildman–Crippen LogP) is 1.56. The third-order valence-corrected chi connectivity index (χ3v) is 7.10. The lowest BCUT2D eigenvalue weighted by atomic mass is 10.2. The lowest BCUT2D eigenvalue weighted by Gasteiger charge is -2.17. The molecular weight excluding hydrogens is 384 g/mol. The molecule has 0 heterocycles. The smallest absolute Gasteiger partial charge is 0.240 e. The van der Waals surface area contributed by atoms with Crippen molar-refractivity contribution in [2.24, 2.45) is 4.99 Å². The van der Waals surface area contributed by atoms with Crippen LogP contribution in [0.3, 0.4) is 0 Å². The Balaban J connectivity index is 1.91. The second-order valence-corrected chi connectivity index (χ2v) is 9.38. The van der Waals surface area contributed by atoms with Gasteiger partial charge in [0.05, 0.1) is 11.5 Å². The maximum Gasteiger partial charge on any atom is 0.240 e. The number of aliphatic imine (C=N–C) groups is 1. The van der Waals surface area contributed by atoms with E-state index in [4.69, 9.17) is 4.74 Å². The molecular formula is C18H30N4O3S2. The summed E-state index contributed by atoms with van der Waals surface area (Å²) in [6, 6.07) is 7.35. The number of rotatable bonds is 9. The van der Waals surface area contributed by atoms with Gasteiger partial charge in [-0.2, -0.15) is 11.8 Å². The van der Waals surface area contributed by atoms with Crippen molar-refractivity contribution >= 4 is 27.7 Å². The topological polar surface area (TPSA) is 91.8 Å². The highest BCUT2D eigenvalue weighted by Crippen LogP contribution is 2.28. The Labute approximate surface area is 166 Å². The maximum absolute atomic E-state index is 12.3. The van der Waals surface area contributed by atoms with E-state index >= 15 is 0 Å². The molecule has 2 atom stereocenters. The number of benzene rings is 1. The zero-order valence-electron chi connectivity index (χ0n) is 16.2. The molecule has 0 amide bonds. The molecule has 2 unspecified atom stereocenters. The van der Waals surface area contributed by atoms with Crippen LogP contribution in [0.5, 0.6) is 0 Å². The largest absolute Gasteiger partial charge is 0.383 e. The highest BCUT2D eigenvalue weighted by atomic mass is 32.2. The molecule has 0 aromatic heterocycles. The fourth-order valence-electron chi connectivity index (χ4n) is 3.04. The Hall–Kier alpha value is -1.29. The first-order chi connectivity index (χ1) is 13.0. The number of sulfonamides is 1. The van der Waals surface area contributed by atoms with Crippen LogP contribution in [0.25, 0.3) is 0 Å². The molecule has 1 aliphatic carbocycles. The van der Waals surface area contributed by atoms with Crippen molar-refractivity contribution in [3.05, 3.63) is 29.8 Å². The minimum atomic E-state index is -3.53. The van der Waals surface area contributed by atoms with E-state index in [2.05, 4.69) is 26.6 Å². The molecule has 0 radical (unpaired) electrons. The van der Waals surface area contributed by atoms with Gasteiger partial charge >= 0.3 is 0 Å². The molecule has 3 N–H and O–H groups in total. The summed E-state index contributed by atoms with van der Waals surface area (Å²) in [6.45, 7) is 1.08. The second-order valence-electron chi connectivity index (χ2n) is 6.48. The number of guanidine groups is 1. The van der Waals surface area contributed by atoms with Crippen LogP contribution in [-0.2, 0) is 21.3 Å². The van der Waals surface area contributed by atoms with Crippen molar-refractivity contribution in [2.75, 3.05) is 33.6 Å². The maximum atomic E-state index is 12.3. The van der Waals surface area contributed by atoms with Gasteiger partial charge in [-0.15, -0.1) is 0 Å². The molecule has 1 aliphatic rings. The molecule has 0 saturated heterocycles. The number of ether oxygens (including phenoxy) is 1. The number of nitrogens with zero attached hydrogens (tertiary/aromatic N) is 1. The molecule has 1 aromatic rings. The molecule has 1 saturated carbocycles. The van der Waals surface area contributed by atoms with Gasteiger partial charge in [-0.05, 0) is 43.2 Å². The molecule has 0 aliphatic heterocycles. The van der Waals surface area contributed by atoms with Gasteiger partial charge in [0.1, 0.15) is 0 Å². The summed E-state index contributed by atoms with van der Waals surface area (Å²) < 4.78 is 32.0. The number of methoxy groups -OCH3 is 1. The Morgan fingerprint density at radius 2 is 2.19 bits per heavy atom. The molecule has 27 heavy (non-hydrogen) atoms. The van der Waals surface area contributed by atoms with Gasteiger partial charge in [0.2, 0.25) is 10.0 Å². The molecule has 152 valence electrons. The van der Waals surface area contributed by atoms with Crippen molar-refractivity contribution < 1.29 is 13.2 Å². The van der Waals surface area contributed by atoms with E-state index in [1.807, 2.05) is 17.8 Å². The van der Waals surface area contributed by atoms with E-state index in [-0.39, 0.29) is 11.4 Å². The van der Waals surface area contributed by atoms with Gasteiger partial charge < -0.3 is 15.4 Å². The Kier molecular flexibility index (Phi) is 8.88. The van der Waals surface area contributed by atoms with Crippen molar-refractivity contribution in [1.82, 2.24) is 15.4 Å². The molecule has 0 bridgehead atoms. The van der Waals surface area contributed by atoms with Crippen LogP contribution in [0.15, 0.2) is 34.2 Å². The van der Waals surface area contributed by atoms with E-state index in [1.165, 1.54) is 13.5 Å². The summed E-state index contributed by atoms with van der Waals surface area (Å²) in [4.78, 5) is 4.53. The first-order valence-corrected chi connectivity index (χ1v) is 11.8. The van der Waals surface area contributed by atoms with Gasteiger partial charge in [-0.1, -0.05) is 12.1 Å². The average molecular weight is 415 g/mol. The van der Waals surface area contributed by atoms with E-state index < -0.39 is 10.0 Å². The first kappa shape index (κ1) is 22.0. The molecule has 0 spiro atoms. The summed E-state index contributed by atoms with van der Waals surface area (Å²) in [7, 11) is -0.250. The van der Waals surface area contributed by atoms with Crippen molar-refractivity contribution in [3.63, 3.8) is 0 Å². The fraction of sp³-hybridized carbons (Fsp3) is 0.611. The summed E-state index contributed by atoms with van der Waals surface area (Å²) in [6.07, 6.45) is 5.67. The van der Waals surface area contributed by atoms with Gasteiger partial charge in [0.25, 0.3) is 0 Å². The minimum absolute atomic E-state index is 0.246. The van der Waals surface area contributed by atoms with Crippen LogP contribution in [0.4, 0.5) is 0 Å². The van der Waals surface area contributed by atoms with Crippen molar-refractivity contribution in [1.29, 1.82) is 0 Å². The molecule has 1 fully saturated rings. The highest BCUT2D eigenvalue weighted by Gasteiger charge is 2.24. The third kappa shape index (κ3) is 6.99. The van der Waals surface area contributed by atoms with Gasteiger partial charge in [-0.3, -0.25) is 4.99 Å². The first-order valence-electron chi connectivity index (χ1n) is 9.06. The predicted molar refractivity (Wildman–Crippen MR) is 112 cm³/mol. The normalized spacial score (nSPS) is 20.6. The molecule has 9 heteroatoms. The van der Waals surface area contributed by atoms with Crippen molar-refractivity contribution in [2.45, 2.75) is 42.0 Å². The van der Waals surface area contributed by atoms with Crippen LogP contribution >= 0.6 is 11.8 Å². The van der Waals surface area contributed by atoms with Crippen LogP contribution < -0.4 is 15.4 Å². The van der Waals surface area contributed by atoms with Crippen LogP contribution in [0, 0.1) is 0 Å². The number of hydrogen-bond donors (Lipinski definition) is 3. The SMILES string of the molecule is CN=C(NCc1cccc(S(=O)(=O)NCCOC)c1)NC1CCC(SC)C1. The zero-order chi connectivity index (χ0) is 19.7. The highest BCUT2D eigenvalue weighted by molar-refractivity contribution is 7.99. The minimum Gasteiger partial charge on any atom is -0.383 e. The Morgan fingerprint density at radius 3 is 2.85 bits per heavy atom. The molecule has 7 nitrogen and oxygen atoms in total. The van der Waals surface area contributed by atoms with Crippen LogP contribution in [0.2, 0.25) is 0 Å². The van der Waals surface area contributed by atoms with Crippen LogP contribution in [0.1, 0.15) is 24.8 Å². The Bertz CT molecular complexity index is 725. The number of thioether (sulfide) groups is 1. The lowest BCUT2D eigenvalue weighted by molar-refractivity contribution is 0.204. The average Bonchev–Trinajstić information content (AvgIpc) is 3.13. The second kappa shape index (κ2) is 10.9. The van der Waals surface area contributed by atoms with Gasteiger partial charge in [-0.25, -0.2) is 13.1 Å². The third-order valence-electron chi connectivity index (χ3n) is 4.55. The number of hydrogen-bond acceptors (Lipinski definition) is 5. The van der Waals surface area contributed by atoms with Crippen LogP contribution in [-0.4, -0.2) is 59.2 Å². The van der Waals surface area contributed by atoms with Crippen molar-refractivity contribution in [3.8, 4) is 0 Å². The lowest BCUT2D eigenvalue weighted by Crippen LogP contribution is -2.42. The molecule has 2 rings (SSSR count). The summed E-state index contributed by atoms with van der Waals surface area (Å²) in [5.74, 6) is 0.744. The van der Waals surface area contributed by atoms with Gasteiger partial charge in [0, 0.05) is 38.5 Å². The van der Waals surface area contributed by atoms with E-state index in [0.29, 0.717) is 24.4 Å². The quantitative estimate of drug-likeness (QED) is 0.323. The number of nitrogens with one attached hydrogen (secondary N) is 3. The van der Waals surface area contributed by atoms with E-state index in [0.717, 1.165) is 24.4 Å². The summed E-state index contributed by atoms with van der Waals surface area (Å²) >= 11 is 1.92.